The molecule has 0 aliphatic heterocycles. The van der Waals surface area contributed by atoms with Crippen LogP contribution < -0.4 is 0 Å². The van der Waals surface area contributed by atoms with Gasteiger partial charge in [0.05, 0.1) is 0 Å². The smallest absolute Gasteiger partial charge is 0.165 e. The molecular formula is C10H14O2. The van der Waals surface area contributed by atoms with E-state index in [1.54, 1.807) is 6.92 Å². The highest BCUT2D eigenvalue weighted by Crippen LogP contribution is 2.23. The summed E-state index contributed by atoms with van der Waals surface area (Å²) >= 11 is 0. The second-order valence-electron chi connectivity index (χ2n) is 3.18. The molecule has 1 aliphatic carbocycles. The SMILES string of the molecule is CC#CC[C@@H]1CCC[C@@H](O)C1=O. The van der Waals surface area contributed by atoms with Crippen molar-refractivity contribution < 1.29 is 9.90 Å². The fourth-order valence-corrected chi connectivity index (χ4v) is 1.54. The van der Waals surface area contributed by atoms with Gasteiger partial charge in [0.2, 0.25) is 0 Å². The summed E-state index contributed by atoms with van der Waals surface area (Å²) in [4.78, 5) is 11.3. The monoisotopic (exact) mass is 166 g/mol. The van der Waals surface area contributed by atoms with Crippen molar-refractivity contribution in [3.8, 4) is 11.8 Å². The molecule has 1 rings (SSSR count). The predicted octanol–water partition coefficient (Wildman–Crippen LogP) is 1.13. The molecule has 1 aliphatic rings. The predicted molar refractivity (Wildman–Crippen MR) is 46.4 cm³/mol. The average molecular weight is 166 g/mol. The van der Waals surface area contributed by atoms with Crippen LogP contribution in [0.15, 0.2) is 0 Å². The van der Waals surface area contributed by atoms with Crippen LogP contribution in [0.1, 0.15) is 32.6 Å². The van der Waals surface area contributed by atoms with E-state index in [0.717, 1.165) is 12.8 Å². The van der Waals surface area contributed by atoms with Gasteiger partial charge in [-0.15, -0.1) is 11.8 Å². The van der Waals surface area contributed by atoms with Crippen molar-refractivity contribution in [2.24, 2.45) is 5.92 Å². The second kappa shape index (κ2) is 4.27. The van der Waals surface area contributed by atoms with Gasteiger partial charge in [0, 0.05) is 12.3 Å². The maximum atomic E-state index is 11.3. The van der Waals surface area contributed by atoms with Crippen LogP contribution in [0.3, 0.4) is 0 Å². The Balaban J connectivity index is 2.50. The lowest BCUT2D eigenvalue weighted by Gasteiger charge is -2.22. The number of carbonyl (C=O) groups is 1. The molecule has 0 unspecified atom stereocenters. The third-order valence-electron chi connectivity index (χ3n) is 2.29. The molecule has 0 radical (unpaired) electrons. The van der Waals surface area contributed by atoms with Gasteiger partial charge in [-0.25, -0.2) is 0 Å². The van der Waals surface area contributed by atoms with Gasteiger partial charge < -0.3 is 5.11 Å². The van der Waals surface area contributed by atoms with E-state index in [2.05, 4.69) is 11.8 Å². The first-order valence-electron chi connectivity index (χ1n) is 4.37. The third kappa shape index (κ3) is 2.09. The van der Waals surface area contributed by atoms with Gasteiger partial charge >= 0.3 is 0 Å². The Kier molecular flexibility index (Phi) is 3.31. The molecule has 2 atom stereocenters. The Morgan fingerprint density at radius 1 is 1.58 bits per heavy atom. The molecule has 12 heavy (non-hydrogen) atoms. The number of hydrogen-bond donors (Lipinski definition) is 1. The largest absolute Gasteiger partial charge is 0.385 e. The normalized spacial score (nSPS) is 29.3. The van der Waals surface area contributed by atoms with E-state index in [4.69, 9.17) is 0 Å². The molecule has 0 spiro atoms. The maximum Gasteiger partial charge on any atom is 0.165 e. The Morgan fingerprint density at radius 3 is 3.00 bits per heavy atom. The number of rotatable bonds is 1. The van der Waals surface area contributed by atoms with Crippen molar-refractivity contribution in [1.82, 2.24) is 0 Å². The van der Waals surface area contributed by atoms with E-state index in [0.29, 0.717) is 12.8 Å². The first-order valence-corrected chi connectivity index (χ1v) is 4.37. The number of hydrogen-bond acceptors (Lipinski definition) is 2. The molecule has 0 saturated heterocycles. The zero-order valence-corrected chi connectivity index (χ0v) is 7.34. The molecule has 1 N–H and O–H groups in total. The summed E-state index contributed by atoms with van der Waals surface area (Å²) in [6.07, 6.45) is 2.37. The number of ketones is 1. The summed E-state index contributed by atoms with van der Waals surface area (Å²) in [5.41, 5.74) is 0. The molecule has 0 amide bonds. The molecule has 0 heterocycles. The Bertz CT molecular complexity index is 222. The van der Waals surface area contributed by atoms with Crippen molar-refractivity contribution in [2.75, 3.05) is 0 Å². The molecule has 0 aromatic carbocycles. The fourth-order valence-electron chi connectivity index (χ4n) is 1.54. The van der Waals surface area contributed by atoms with Gasteiger partial charge in [-0.05, 0) is 26.2 Å². The van der Waals surface area contributed by atoms with E-state index in [1.807, 2.05) is 0 Å². The molecule has 1 fully saturated rings. The molecule has 66 valence electrons. The summed E-state index contributed by atoms with van der Waals surface area (Å²) in [6.45, 7) is 1.77. The van der Waals surface area contributed by atoms with Gasteiger partial charge in [-0.2, -0.15) is 0 Å². The third-order valence-corrected chi connectivity index (χ3v) is 2.29. The van der Waals surface area contributed by atoms with Gasteiger partial charge in [-0.3, -0.25) is 4.79 Å². The fraction of sp³-hybridized carbons (Fsp3) is 0.700. The molecule has 2 nitrogen and oxygen atoms in total. The number of aliphatic hydroxyl groups excluding tert-OH is 1. The highest BCUT2D eigenvalue weighted by Gasteiger charge is 2.28. The quantitative estimate of drug-likeness (QED) is 0.593. The number of carbonyl (C=O) groups excluding carboxylic acids is 1. The van der Waals surface area contributed by atoms with E-state index >= 15 is 0 Å². The first-order chi connectivity index (χ1) is 5.75. The highest BCUT2D eigenvalue weighted by atomic mass is 16.3. The minimum absolute atomic E-state index is 0.0102. The molecule has 1 saturated carbocycles. The molecule has 0 bridgehead atoms. The summed E-state index contributed by atoms with van der Waals surface area (Å²) in [7, 11) is 0. The Hall–Kier alpha value is -0.810. The van der Waals surface area contributed by atoms with Crippen LogP contribution in [0.4, 0.5) is 0 Å². The molecular weight excluding hydrogens is 152 g/mol. The highest BCUT2D eigenvalue weighted by molar-refractivity contribution is 5.86. The second-order valence-corrected chi connectivity index (χ2v) is 3.18. The van der Waals surface area contributed by atoms with Crippen molar-refractivity contribution in [3.05, 3.63) is 0 Å². The van der Waals surface area contributed by atoms with Crippen LogP contribution in [0.5, 0.6) is 0 Å². The molecule has 0 aromatic heterocycles. The topological polar surface area (TPSA) is 37.3 Å². The van der Waals surface area contributed by atoms with Gasteiger partial charge in [0.15, 0.2) is 5.78 Å². The lowest BCUT2D eigenvalue weighted by molar-refractivity contribution is -0.133. The van der Waals surface area contributed by atoms with Gasteiger partial charge in [0.1, 0.15) is 6.10 Å². The zero-order chi connectivity index (χ0) is 8.97. The van der Waals surface area contributed by atoms with Crippen LogP contribution >= 0.6 is 0 Å². The van der Waals surface area contributed by atoms with Crippen LogP contribution in [0.25, 0.3) is 0 Å². The summed E-state index contributed by atoms with van der Waals surface area (Å²) in [6, 6.07) is 0. The lowest BCUT2D eigenvalue weighted by Crippen LogP contribution is -2.32. The average Bonchev–Trinajstić information content (AvgIpc) is 2.08. The van der Waals surface area contributed by atoms with Crippen molar-refractivity contribution in [1.29, 1.82) is 0 Å². The minimum Gasteiger partial charge on any atom is -0.385 e. The van der Waals surface area contributed by atoms with Crippen LogP contribution in [-0.4, -0.2) is 17.0 Å². The summed E-state index contributed by atoms with van der Waals surface area (Å²) < 4.78 is 0. The van der Waals surface area contributed by atoms with Crippen molar-refractivity contribution >= 4 is 5.78 Å². The van der Waals surface area contributed by atoms with E-state index in [1.165, 1.54) is 0 Å². The molecule has 0 aromatic rings. The summed E-state index contributed by atoms with van der Waals surface area (Å²) in [5.74, 6) is 5.63. The van der Waals surface area contributed by atoms with Crippen molar-refractivity contribution in [2.45, 2.75) is 38.7 Å². The van der Waals surface area contributed by atoms with E-state index in [-0.39, 0.29) is 11.7 Å². The Labute approximate surface area is 73.0 Å². The zero-order valence-electron chi connectivity index (χ0n) is 7.34. The Morgan fingerprint density at radius 2 is 2.33 bits per heavy atom. The molecule has 2 heteroatoms. The maximum absolute atomic E-state index is 11.3. The van der Waals surface area contributed by atoms with Gasteiger partial charge in [0.25, 0.3) is 0 Å². The summed E-state index contributed by atoms with van der Waals surface area (Å²) in [5, 5.41) is 9.25. The standard InChI is InChI=1S/C10H14O2/c1-2-3-5-8-6-4-7-9(11)10(8)12/h8-9,11H,4-7H2,1H3/t8-,9-/m1/s1. The number of Topliss-reactive ketones (excluding diaryl/α,β-unsaturated/α-hetero) is 1. The van der Waals surface area contributed by atoms with Crippen LogP contribution in [0.2, 0.25) is 0 Å². The van der Waals surface area contributed by atoms with Crippen LogP contribution in [-0.2, 0) is 4.79 Å². The minimum atomic E-state index is -0.720. The van der Waals surface area contributed by atoms with Crippen LogP contribution in [0, 0.1) is 17.8 Å². The lowest BCUT2D eigenvalue weighted by atomic mass is 9.84. The number of aliphatic hydroxyl groups is 1. The van der Waals surface area contributed by atoms with Crippen molar-refractivity contribution in [3.63, 3.8) is 0 Å². The first kappa shape index (κ1) is 9.28. The van der Waals surface area contributed by atoms with E-state index in [9.17, 15) is 9.90 Å². The van der Waals surface area contributed by atoms with E-state index < -0.39 is 6.10 Å². The van der Waals surface area contributed by atoms with Gasteiger partial charge in [-0.1, -0.05) is 0 Å².